The van der Waals surface area contributed by atoms with Crippen LogP contribution in [0, 0.1) is 0 Å². The third-order valence-electron chi connectivity index (χ3n) is 5.62. The zero-order chi connectivity index (χ0) is 25.2. The van der Waals surface area contributed by atoms with Gasteiger partial charge in [-0.1, -0.05) is 71.9 Å². The quantitative estimate of drug-likeness (QED) is 0.329. The van der Waals surface area contributed by atoms with Crippen LogP contribution in [0.1, 0.15) is 24.8 Å². The second kappa shape index (κ2) is 10.0. The monoisotopic (exact) mass is 515 g/mol. The van der Waals surface area contributed by atoms with Crippen LogP contribution >= 0.6 is 23.4 Å². The van der Waals surface area contributed by atoms with Gasteiger partial charge in [0.05, 0.1) is 17.1 Å². The van der Waals surface area contributed by atoms with Gasteiger partial charge in [-0.25, -0.2) is 9.69 Å². The summed E-state index contributed by atoms with van der Waals surface area (Å²) in [5.41, 5.74) is 3.90. The van der Waals surface area contributed by atoms with E-state index in [9.17, 15) is 9.59 Å². The maximum absolute atomic E-state index is 12.7. The van der Waals surface area contributed by atoms with Crippen LogP contribution in [-0.4, -0.2) is 31.8 Å². The molecule has 180 valence electrons. The van der Waals surface area contributed by atoms with Gasteiger partial charge in [0.2, 0.25) is 11.8 Å². The third-order valence-corrected chi connectivity index (χ3v) is 7.03. The van der Waals surface area contributed by atoms with Crippen LogP contribution in [0.3, 0.4) is 0 Å². The predicted octanol–water partition coefficient (Wildman–Crippen LogP) is 6.11. The summed E-state index contributed by atoms with van der Waals surface area (Å²) in [6, 6.07) is 26.4. The SMILES string of the molecule is CC(=O)N(C1=NN(C(C)=O)C(c2cn(-c3ccccc3)nc2-c2ccc(Cl)cc2)S1)c1ccccc1. The summed E-state index contributed by atoms with van der Waals surface area (Å²) in [5, 5.41) is 11.4. The number of hydrazone groups is 1. The highest BCUT2D eigenvalue weighted by atomic mass is 35.5. The number of amides is 2. The number of hydrogen-bond acceptors (Lipinski definition) is 5. The van der Waals surface area contributed by atoms with Gasteiger partial charge in [-0.15, -0.1) is 5.10 Å². The molecule has 0 bridgehead atoms. The van der Waals surface area contributed by atoms with Crippen LogP contribution in [0.5, 0.6) is 0 Å². The van der Waals surface area contributed by atoms with Crippen LogP contribution < -0.4 is 4.90 Å². The minimum absolute atomic E-state index is 0.200. The number of aromatic nitrogens is 2. The third kappa shape index (κ3) is 4.65. The number of para-hydroxylation sites is 2. The number of hydrogen-bond donors (Lipinski definition) is 0. The van der Waals surface area contributed by atoms with Crippen molar-refractivity contribution < 1.29 is 9.59 Å². The van der Waals surface area contributed by atoms with Crippen molar-refractivity contribution in [1.29, 1.82) is 0 Å². The highest BCUT2D eigenvalue weighted by Crippen LogP contribution is 2.44. The molecule has 0 saturated heterocycles. The van der Waals surface area contributed by atoms with Crippen LogP contribution in [-0.2, 0) is 9.59 Å². The smallest absolute Gasteiger partial charge is 0.241 e. The zero-order valence-corrected chi connectivity index (χ0v) is 21.1. The number of nitrogens with zero attached hydrogens (tertiary/aromatic N) is 5. The van der Waals surface area contributed by atoms with Gasteiger partial charge in [-0.3, -0.25) is 14.5 Å². The Balaban J connectivity index is 1.61. The zero-order valence-electron chi connectivity index (χ0n) is 19.6. The first-order valence-corrected chi connectivity index (χ1v) is 12.5. The molecule has 7 nitrogen and oxygen atoms in total. The lowest BCUT2D eigenvalue weighted by Gasteiger charge is -2.20. The first kappa shape index (κ1) is 23.8. The lowest BCUT2D eigenvalue weighted by Crippen LogP contribution is -2.32. The van der Waals surface area contributed by atoms with E-state index in [0.717, 1.165) is 16.8 Å². The van der Waals surface area contributed by atoms with E-state index in [1.54, 1.807) is 4.68 Å². The standard InChI is InChI=1S/C27H22ClN5O2S/c1-18(34)32(23-11-7-4-8-12-23)27-30-33(19(2)35)26(36-27)24-17-31(22-9-5-3-6-10-22)29-25(24)20-13-15-21(28)16-14-20/h3-17,26H,1-2H3. The number of rotatable bonds is 4. The lowest BCUT2D eigenvalue weighted by atomic mass is 10.1. The topological polar surface area (TPSA) is 70.8 Å². The summed E-state index contributed by atoms with van der Waals surface area (Å²) in [6.45, 7) is 2.94. The molecule has 0 saturated carbocycles. The number of halogens is 1. The Morgan fingerprint density at radius 1 is 0.917 bits per heavy atom. The van der Waals surface area contributed by atoms with Crippen molar-refractivity contribution in [1.82, 2.24) is 14.8 Å². The number of amidine groups is 1. The Morgan fingerprint density at radius 2 is 1.56 bits per heavy atom. The second-order valence-corrected chi connectivity index (χ2v) is 9.61. The molecule has 1 unspecified atom stereocenters. The van der Waals surface area contributed by atoms with E-state index in [1.165, 1.54) is 35.5 Å². The summed E-state index contributed by atoms with van der Waals surface area (Å²) >= 11 is 7.47. The van der Waals surface area contributed by atoms with Crippen molar-refractivity contribution in [3.63, 3.8) is 0 Å². The molecule has 5 rings (SSSR count). The molecule has 1 aliphatic heterocycles. The number of benzene rings is 3. The first-order valence-electron chi connectivity index (χ1n) is 11.2. The minimum Gasteiger partial charge on any atom is -0.274 e. The van der Waals surface area contributed by atoms with Crippen LogP contribution in [0.2, 0.25) is 5.02 Å². The van der Waals surface area contributed by atoms with Gasteiger partial charge in [0.25, 0.3) is 0 Å². The number of carbonyl (C=O) groups is 2. The molecule has 0 spiro atoms. The van der Waals surface area contributed by atoms with Gasteiger partial charge in [-0.2, -0.15) is 5.10 Å². The molecule has 1 atom stereocenters. The molecule has 0 aliphatic carbocycles. The lowest BCUT2D eigenvalue weighted by molar-refractivity contribution is -0.129. The average molecular weight is 516 g/mol. The van der Waals surface area contributed by atoms with Crippen molar-refractivity contribution in [2.45, 2.75) is 19.2 Å². The molecular formula is C27H22ClN5O2S. The molecule has 4 aromatic rings. The fourth-order valence-electron chi connectivity index (χ4n) is 3.96. The molecule has 2 heterocycles. The minimum atomic E-state index is -0.522. The van der Waals surface area contributed by atoms with E-state index in [-0.39, 0.29) is 11.8 Å². The van der Waals surface area contributed by atoms with Crippen molar-refractivity contribution >= 4 is 46.0 Å². The molecule has 2 amide bonds. The first-order chi connectivity index (χ1) is 17.4. The van der Waals surface area contributed by atoms with Gasteiger partial charge >= 0.3 is 0 Å². The van der Waals surface area contributed by atoms with Crippen molar-refractivity contribution in [3.8, 4) is 16.9 Å². The van der Waals surface area contributed by atoms with Gasteiger partial charge in [0, 0.05) is 36.2 Å². The second-order valence-electron chi connectivity index (χ2n) is 8.13. The normalized spacial score (nSPS) is 15.0. The van der Waals surface area contributed by atoms with E-state index in [4.69, 9.17) is 16.7 Å². The van der Waals surface area contributed by atoms with Crippen molar-refractivity contribution in [3.05, 3.63) is 102 Å². The van der Waals surface area contributed by atoms with Crippen molar-refractivity contribution in [2.24, 2.45) is 5.10 Å². The molecule has 0 fully saturated rings. The fraction of sp³-hybridized carbons (Fsp3) is 0.111. The molecule has 36 heavy (non-hydrogen) atoms. The molecule has 3 aromatic carbocycles. The molecule has 1 aromatic heterocycles. The molecule has 9 heteroatoms. The van der Waals surface area contributed by atoms with Crippen LogP contribution in [0.25, 0.3) is 16.9 Å². The van der Waals surface area contributed by atoms with E-state index in [2.05, 4.69) is 5.10 Å². The Hall–Kier alpha value is -3.88. The summed E-state index contributed by atoms with van der Waals surface area (Å²) < 4.78 is 1.79. The van der Waals surface area contributed by atoms with Gasteiger partial charge in [0.15, 0.2) is 5.17 Å². The summed E-state index contributed by atoms with van der Waals surface area (Å²) in [7, 11) is 0. The van der Waals surface area contributed by atoms with Gasteiger partial charge < -0.3 is 0 Å². The molecule has 0 N–H and O–H groups in total. The number of thioether (sulfide) groups is 1. The predicted molar refractivity (Wildman–Crippen MR) is 144 cm³/mol. The Kier molecular flexibility index (Phi) is 6.63. The number of anilines is 1. The fourth-order valence-corrected chi connectivity index (χ4v) is 5.36. The maximum Gasteiger partial charge on any atom is 0.241 e. The van der Waals surface area contributed by atoms with Crippen LogP contribution in [0.4, 0.5) is 5.69 Å². The highest BCUT2D eigenvalue weighted by molar-refractivity contribution is 8.14. The van der Waals surface area contributed by atoms with E-state index in [1.807, 2.05) is 91.1 Å². The van der Waals surface area contributed by atoms with E-state index < -0.39 is 5.37 Å². The van der Waals surface area contributed by atoms with Gasteiger partial charge in [-0.05, 0) is 36.4 Å². The van der Waals surface area contributed by atoms with Gasteiger partial charge in [0.1, 0.15) is 5.37 Å². The maximum atomic E-state index is 12.7. The molecule has 1 aliphatic rings. The number of carbonyl (C=O) groups excluding carboxylic acids is 2. The van der Waals surface area contributed by atoms with Crippen LogP contribution in [0.15, 0.2) is 96.2 Å². The van der Waals surface area contributed by atoms with Crippen molar-refractivity contribution in [2.75, 3.05) is 4.90 Å². The average Bonchev–Trinajstić information content (AvgIpc) is 3.51. The summed E-state index contributed by atoms with van der Waals surface area (Å²) in [5.74, 6) is -0.442. The van der Waals surface area contributed by atoms with E-state index >= 15 is 0 Å². The van der Waals surface area contributed by atoms with E-state index in [0.29, 0.717) is 21.6 Å². The highest BCUT2D eigenvalue weighted by Gasteiger charge is 2.38. The Labute approximate surface area is 218 Å². The largest absolute Gasteiger partial charge is 0.274 e. The summed E-state index contributed by atoms with van der Waals surface area (Å²) in [6.07, 6.45) is 1.91. The molecular weight excluding hydrogens is 494 g/mol. The Bertz CT molecular complexity index is 1440. The Morgan fingerprint density at radius 3 is 2.17 bits per heavy atom. The molecule has 0 radical (unpaired) electrons. The summed E-state index contributed by atoms with van der Waals surface area (Å²) in [4.78, 5) is 26.9.